The third kappa shape index (κ3) is 2.70. The van der Waals surface area contributed by atoms with E-state index < -0.39 is 5.79 Å². The van der Waals surface area contributed by atoms with Gasteiger partial charge in [0, 0.05) is 24.9 Å². The third-order valence-corrected chi connectivity index (χ3v) is 2.25. The first-order chi connectivity index (χ1) is 7.08. The molecule has 15 heavy (non-hydrogen) atoms. The van der Waals surface area contributed by atoms with Crippen LogP contribution in [0.1, 0.15) is 38.8 Å². The minimum absolute atomic E-state index is 0.139. The lowest BCUT2D eigenvalue weighted by atomic mass is 9.96. The van der Waals surface area contributed by atoms with E-state index >= 15 is 0 Å². The number of para-hydroxylation sites is 1. The monoisotopic (exact) mass is 209 g/mol. The zero-order valence-corrected chi connectivity index (χ0v) is 9.53. The highest BCUT2D eigenvalue weighted by Crippen LogP contribution is 2.36. The highest BCUT2D eigenvalue weighted by molar-refractivity contribution is 5.37. The van der Waals surface area contributed by atoms with Crippen LogP contribution in [-0.2, 0) is 0 Å². The van der Waals surface area contributed by atoms with Gasteiger partial charge < -0.3 is 15.6 Å². The summed E-state index contributed by atoms with van der Waals surface area (Å²) in [4.78, 5) is 0. The molecule has 0 amide bonds. The molecule has 2 unspecified atom stereocenters. The van der Waals surface area contributed by atoms with Crippen molar-refractivity contribution in [1.82, 2.24) is 0 Å². The Morgan fingerprint density at radius 1 is 1.40 bits per heavy atom. The molecular formula is C12H19NO2. The summed E-state index contributed by atoms with van der Waals surface area (Å²) < 4.78 is 5.37. The first-order valence-electron chi connectivity index (χ1n) is 5.34. The van der Waals surface area contributed by atoms with Crippen molar-refractivity contribution in [2.45, 2.75) is 39.0 Å². The van der Waals surface area contributed by atoms with Crippen molar-refractivity contribution in [2.24, 2.45) is 5.73 Å². The maximum Gasteiger partial charge on any atom is 0.207 e. The molecule has 3 heteroatoms. The van der Waals surface area contributed by atoms with Crippen LogP contribution in [0.3, 0.4) is 0 Å². The average Bonchev–Trinajstić information content (AvgIpc) is 2.19. The maximum atomic E-state index is 9.69. The summed E-state index contributed by atoms with van der Waals surface area (Å²) >= 11 is 0. The summed E-state index contributed by atoms with van der Waals surface area (Å²) in [6, 6.07) is 7.40. The van der Waals surface area contributed by atoms with Gasteiger partial charge >= 0.3 is 0 Å². The molecule has 1 aliphatic rings. The topological polar surface area (TPSA) is 55.5 Å². The van der Waals surface area contributed by atoms with E-state index in [9.17, 15) is 5.11 Å². The minimum Gasteiger partial charge on any atom is -0.462 e. The number of nitrogens with two attached hydrogens (primary N) is 1. The highest BCUT2D eigenvalue weighted by Gasteiger charge is 2.33. The van der Waals surface area contributed by atoms with Crippen LogP contribution in [0.5, 0.6) is 5.75 Å². The van der Waals surface area contributed by atoms with Gasteiger partial charge in [0.25, 0.3) is 0 Å². The number of hydrogen-bond donors (Lipinski definition) is 2. The number of ether oxygens (including phenoxy) is 1. The fourth-order valence-corrected chi connectivity index (χ4v) is 1.68. The van der Waals surface area contributed by atoms with E-state index in [1.165, 1.54) is 0 Å². The van der Waals surface area contributed by atoms with Crippen LogP contribution in [0, 0.1) is 0 Å². The largest absolute Gasteiger partial charge is 0.462 e. The number of hydrogen-bond acceptors (Lipinski definition) is 3. The van der Waals surface area contributed by atoms with Gasteiger partial charge in [-0.3, -0.25) is 0 Å². The molecule has 3 nitrogen and oxygen atoms in total. The summed E-state index contributed by atoms with van der Waals surface area (Å²) in [6.45, 7) is 5.63. The zero-order valence-electron chi connectivity index (χ0n) is 9.53. The van der Waals surface area contributed by atoms with Crippen molar-refractivity contribution in [1.29, 1.82) is 0 Å². The van der Waals surface area contributed by atoms with Crippen LogP contribution < -0.4 is 10.5 Å². The molecule has 0 fully saturated rings. The molecule has 0 saturated heterocycles. The van der Waals surface area contributed by atoms with Crippen molar-refractivity contribution in [2.75, 3.05) is 0 Å². The summed E-state index contributed by atoms with van der Waals surface area (Å²) in [5.41, 5.74) is 6.85. The summed E-state index contributed by atoms with van der Waals surface area (Å²) in [5.74, 6) is -0.445. The van der Waals surface area contributed by atoms with Crippen LogP contribution in [0.25, 0.3) is 0 Å². The SMILES string of the molecule is CC.CC1(O)CC(N)c2ccccc2O1. The van der Waals surface area contributed by atoms with Gasteiger partial charge in [-0.1, -0.05) is 32.0 Å². The van der Waals surface area contributed by atoms with Crippen LogP contribution in [0.4, 0.5) is 0 Å². The Labute approximate surface area is 90.9 Å². The van der Waals surface area contributed by atoms with E-state index in [0.717, 1.165) is 5.56 Å². The fraction of sp³-hybridized carbons (Fsp3) is 0.500. The second-order valence-electron chi connectivity index (χ2n) is 3.63. The quantitative estimate of drug-likeness (QED) is 0.688. The normalized spacial score (nSPS) is 28.2. The molecule has 1 aliphatic heterocycles. The molecule has 1 aromatic rings. The molecular weight excluding hydrogens is 190 g/mol. The number of fused-ring (bicyclic) bond motifs is 1. The van der Waals surface area contributed by atoms with Crippen LogP contribution >= 0.6 is 0 Å². The Morgan fingerprint density at radius 3 is 2.67 bits per heavy atom. The van der Waals surface area contributed by atoms with Crippen LogP contribution in [0.15, 0.2) is 24.3 Å². The van der Waals surface area contributed by atoms with Crippen molar-refractivity contribution in [3.05, 3.63) is 29.8 Å². The van der Waals surface area contributed by atoms with E-state index in [1.54, 1.807) is 6.92 Å². The zero-order chi connectivity index (χ0) is 11.5. The Morgan fingerprint density at radius 2 is 2.00 bits per heavy atom. The summed E-state index contributed by atoms with van der Waals surface area (Å²) in [5, 5.41) is 9.69. The van der Waals surface area contributed by atoms with Gasteiger partial charge in [0.1, 0.15) is 5.75 Å². The van der Waals surface area contributed by atoms with E-state index in [1.807, 2.05) is 38.1 Å². The Kier molecular flexibility index (Phi) is 3.72. The predicted molar refractivity (Wildman–Crippen MR) is 60.6 cm³/mol. The van der Waals surface area contributed by atoms with Gasteiger partial charge in [0.15, 0.2) is 0 Å². The van der Waals surface area contributed by atoms with E-state index in [0.29, 0.717) is 12.2 Å². The number of benzene rings is 1. The standard InChI is InChI=1S/C10H13NO2.C2H6/c1-10(12)6-8(11)7-4-2-3-5-9(7)13-10;1-2/h2-5,8,12H,6,11H2,1H3;1-2H3. The number of rotatable bonds is 0. The van der Waals surface area contributed by atoms with Gasteiger partial charge in [-0.05, 0) is 6.07 Å². The molecule has 2 rings (SSSR count). The van der Waals surface area contributed by atoms with E-state index in [2.05, 4.69) is 0 Å². The molecule has 0 bridgehead atoms. The Bertz CT molecular complexity index is 323. The first-order valence-corrected chi connectivity index (χ1v) is 5.34. The highest BCUT2D eigenvalue weighted by atomic mass is 16.6. The molecule has 0 radical (unpaired) electrons. The molecule has 3 N–H and O–H groups in total. The minimum atomic E-state index is -1.13. The van der Waals surface area contributed by atoms with Gasteiger partial charge in [-0.2, -0.15) is 0 Å². The average molecular weight is 209 g/mol. The summed E-state index contributed by atoms with van der Waals surface area (Å²) in [7, 11) is 0. The smallest absolute Gasteiger partial charge is 0.207 e. The molecule has 0 saturated carbocycles. The molecule has 2 atom stereocenters. The Balaban J connectivity index is 0.000000531. The van der Waals surface area contributed by atoms with Crippen molar-refractivity contribution >= 4 is 0 Å². The molecule has 1 heterocycles. The second kappa shape index (κ2) is 4.64. The van der Waals surface area contributed by atoms with Gasteiger partial charge in [0.05, 0.1) is 0 Å². The second-order valence-corrected chi connectivity index (χ2v) is 3.63. The van der Waals surface area contributed by atoms with Crippen molar-refractivity contribution in [3.63, 3.8) is 0 Å². The first kappa shape index (κ1) is 12.0. The predicted octanol–water partition coefficient (Wildman–Crippen LogP) is 2.20. The van der Waals surface area contributed by atoms with Crippen LogP contribution in [-0.4, -0.2) is 10.9 Å². The Hall–Kier alpha value is -1.06. The van der Waals surface area contributed by atoms with Crippen LogP contribution in [0.2, 0.25) is 0 Å². The molecule has 0 aromatic heterocycles. The fourth-order valence-electron chi connectivity index (χ4n) is 1.68. The lowest BCUT2D eigenvalue weighted by Crippen LogP contribution is -2.39. The van der Waals surface area contributed by atoms with Crippen molar-refractivity contribution < 1.29 is 9.84 Å². The molecule has 84 valence electrons. The van der Waals surface area contributed by atoms with Gasteiger partial charge in [-0.15, -0.1) is 0 Å². The lowest BCUT2D eigenvalue weighted by molar-refractivity contribution is -0.139. The summed E-state index contributed by atoms with van der Waals surface area (Å²) in [6.07, 6.45) is 0.435. The van der Waals surface area contributed by atoms with E-state index in [4.69, 9.17) is 10.5 Å². The van der Waals surface area contributed by atoms with E-state index in [-0.39, 0.29) is 6.04 Å². The molecule has 1 aromatic carbocycles. The molecule has 0 spiro atoms. The molecule has 0 aliphatic carbocycles. The number of aliphatic hydroxyl groups is 1. The van der Waals surface area contributed by atoms with Gasteiger partial charge in [0.2, 0.25) is 5.79 Å². The van der Waals surface area contributed by atoms with Gasteiger partial charge in [-0.25, -0.2) is 0 Å². The van der Waals surface area contributed by atoms with Crippen molar-refractivity contribution in [3.8, 4) is 5.75 Å². The third-order valence-electron chi connectivity index (χ3n) is 2.25. The lowest BCUT2D eigenvalue weighted by Gasteiger charge is -2.34. The maximum absolute atomic E-state index is 9.69.